The topological polar surface area (TPSA) is 93.3 Å². The molecule has 0 amide bonds. The fraction of sp³-hybridized carbons (Fsp3) is 0.438. The number of nitrogens with one attached hydrogen (secondary N) is 1. The Labute approximate surface area is 249 Å². The van der Waals surface area contributed by atoms with E-state index in [0.29, 0.717) is 28.2 Å². The van der Waals surface area contributed by atoms with Crippen LogP contribution < -0.4 is 15.8 Å². The van der Waals surface area contributed by atoms with E-state index in [1.54, 1.807) is 29.0 Å². The van der Waals surface area contributed by atoms with E-state index in [9.17, 15) is 4.79 Å². The second kappa shape index (κ2) is 10.9. The van der Waals surface area contributed by atoms with Crippen molar-refractivity contribution in [2.45, 2.75) is 37.9 Å². The molecule has 1 N–H and O–H groups in total. The van der Waals surface area contributed by atoms with Gasteiger partial charge in [0.25, 0.3) is 5.56 Å². The highest BCUT2D eigenvalue weighted by Crippen LogP contribution is 2.42. The number of benzene rings is 1. The lowest BCUT2D eigenvalue weighted by Crippen LogP contribution is -2.46. The maximum atomic E-state index is 15.1. The van der Waals surface area contributed by atoms with Gasteiger partial charge in [0.1, 0.15) is 5.39 Å². The summed E-state index contributed by atoms with van der Waals surface area (Å²) in [5, 5.41) is 3.62. The average molecular weight is 585 g/mol. The van der Waals surface area contributed by atoms with Crippen molar-refractivity contribution < 1.29 is 9.13 Å². The number of rotatable bonds is 7. The summed E-state index contributed by atoms with van der Waals surface area (Å²) in [7, 11) is 2.22. The predicted molar refractivity (Wildman–Crippen MR) is 165 cm³/mol. The molecule has 0 atom stereocenters. The molecular weight excluding hydrogens is 547 g/mol. The van der Waals surface area contributed by atoms with Crippen LogP contribution in [0.3, 0.4) is 0 Å². The minimum Gasteiger partial charge on any atom is -0.374 e. The first-order valence-corrected chi connectivity index (χ1v) is 15.0. The SMILES string of the molecule is C=CCn1c(=O)c2cnc(Nc3ccc(N4CCC5(CCN(C)CC5)CC4)cc3)nc2n1-c1cccc(C2(F)COC2)n1. The van der Waals surface area contributed by atoms with E-state index < -0.39 is 5.67 Å². The number of halogens is 1. The third-order valence-corrected chi connectivity index (χ3v) is 9.41. The van der Waals surface area contributed by atoms with Crippen LogP contribution in [0.25, 0.3) is 16.9 Å². The second-order valence-corrected chi connectivity index (χ2v) is 12.2. The number of fused-ring (bicyclic) bond motifs is 1. The first kappa shape index (κ1) is 27.7. The molecule has 3 aliphatic rings. The van der Waals surface area contributed by atoms with Gasteiger partial charge in [-0.1, -0.05) is 12.1 Å². The molecular formula is C32H37FN8O2. The van der Waals surface area contributed by atoms with Crippen molar-refractivity contribution in [1.82, 2.24) is 29.2 Å². The Balaban J connectivity index is 1.13. The van der Waals surface area contributed by atoms with Gasteiger partial charge in [0.15, 0.2) is 17.1 Å². The normalized spacial score (nSPS) is 19.8. The van der Waals surface area contributed by atoms with Gasteiger partial charge in [-0.2, -0.15) is 4.98 Å². The zero-order chi connectivity index (χ0) is 29.6. The number of aromatic nitrogens is 5. The quantitative estimate of drug-likeness (QED) is 0.320. The monoisotopic (exact) mass is 584 g/mol. The van der Waals surface area contributed by atoms with Gasteiger partial charge >= 0.3 is 0 Å². The number of hydrogen-bond donors (Lipinski definition) is 1. The number of nitrogens with zero attached hydrogens (tertiary/aromatic N) is 7. The third-order valence-electron chi connectivity index (χ3n) is 9.41. The Hall–Kier alpha value is -4.09. The maximum absolute atomic E-state index is 15.1. The zero-order valence-corrected chi connectivity index (χ0v) is 24.5. The predicted octanol–water partition coefficient (Wildman–Crippen LogP) is 4.41. The summed E-state index contributed by atoms with van der Waals surface area (Å²) in [6.45, 7) is 8.53. The van der Waals surface area contributed by atoms with Crippen LogP contribution in [0, 0.1) is 5.41 Å². The number of allylic oxidation sites excluding steroid dienone is 1. The first-order chi connectivity index (χ1) is 20.9. The van der Waals surface area contributed by atoms with Crippen molar-refractivity contribution in [3.05, 3.63) is 77.4 Å². The molecule has 3 saturated heterocycles. The lowest BCUT2D eigenvalue weighted by atomic mass is 9.71. The van der Waals surface area contributed by atoms with Gasteiger partial charge in [0.2, 0.25) is 5.95 Å². The van der Waals surface area contributed by atoms with Crippen LogP contribution in [0.1, 0.15) is 31.4 Å². The van der Waals surface area contributed by atoms with Crippen LogP contribution in [0.15, 0.2) is 66.1 Å². The fourth-order valence-electron chi connectivity index (χ4n) is 6.55. The molecule has 3 aliphatic heterocycles. The van der Waals surface area contributed by atoms with Crippen LogP contribution in [-0.4, -0.2) is 75.7 Å². The van der Waals surface area contributed by atoms with E-state index in [4.69, 9.17) is 9.72 Å². The summed E-state index contributed by atoms with van der Waals surface area (Å²) in [6, 6.07) is 13.4. The molecule has 0 aliphatic carbocycles. The van der Waals surface area contributed by atoms with Crippen molar-refractivity contribution in [1.29, 1.82) is 0 Å². The van der Waals surface area contributed by atoms with Crippen LogP contribution in [0.2, 0.25) is 0 Å². The van der Waals surface area contributed by atoms with Gasteiger partial charge in [-0.15, -0.1) is 6.58 Å². The molecule has 0 radical (unpaired) electrons. The highest BCUT2D eigenvalue weighted by atomic mass is 19.1. The van der Waals surface area contributed by atoms with Crippen molar-refractivity contribution in [2.75, 3.05) is 56.7 Å². The molecule has 0 saturated carbocycles. The largest absolute Gasteiger partial charge is 0.374 e. The van der Waals surface area contributed by atoms with Crippen molar-refractivity contribution in [3.8, 4) is 5.82 Å². The minimum absolute atomic E-state index is 0.0409. The van der Waals surface area contributed by atoms with Crippen molar-refractivity contribution in [2.24, 2.45) is 5.41 Å². The smallest absolute Gasteiger partial charge is 0.278 e. The Morgan fingerprint density at radius 3 is 2.42 bits per heavy atom. The van der Waals surface area contributed by atoms with E-state index in [1.165, 1.54) is 55.3 Å². The van der Waals surface area contributed by atoms with Crippen LogP contribution >= 0.6 is 0 Å². The van der Waals surface area contributed by atoms with Gasteiger partial charge < -0.3 is 19.9 Å². The van der Waals surface area contributed by atoms with E-state index in [-0.39, 0.29) is 31.0 Å². The van der Waals surface area contributed by atoms with Gasteiger partial charge in [-0.25, -0.2) is 23.7 Å². The lowest BCUT2D eigenvalue weighted by molar-refractivity contribution is -0.137. The molecule has 7 rings (SSSR count). The summed E-state index contributed by atoms with van der Waals surface area (Å²) in [6.07, 6.45) is 8.26. The van der Waals surface area contributed by atoms with Gasteiger partial charge in [0.05, 0.1) is 25.5 Å². The molecule has 224 valence electrons. The molecule has 3 aromatic heterocycles. The lowest BCUT2D eigenvalue weighted by Gasteiger charge is -2.46. The van der Waals surface area contributed by atoms with Gasteiger partial charge in [-0.3, -0.25) is 4.79 Å². The summed E-state index contributed by atoms with van der Waals surface area (Å²) < 4.78 is 23.3. The molecule has 1 spiro atoms. The standard InChI is InChI=1S/C32H37FN8O2/c1-3-15-40-29(42)25-20-34-30(37-28(25)41(40)27-6-4-5-26(36-27)32(33)21-43-22-32)35-23-7-9-24(10-8-23)39-18-13-31(14-19-39)11-16-38(2)17-12-31/h3-10,20H,1,11-19,21-22H2,2H3,(H,34,35,37). The Bertz CT molecular complexity index is 1690. The Morgan fingerprint density at radius 1 is 1.02 bits per heavy atom. The van der Waals surface area contributed by atoms with E-state index >= 15 is 4.39 Å². The van der Waals surface area contributed by atoms with Gasteiger partial charge in [0, 0.05) is 30.7 Å². The average Bonchev–Trinajstić information content (AvgIpc) is 3.29. The van der Waals surface area contributed by atoms with Crippen molar-refractivity contribution in [3.63, 3.8) is 0 Å². The molecule has 4 aromatic rings. The summed E-state index contributed by atoms with van der Waals surface area (Å²) >= 11 is 0. The van der Waals surface area contributed by atoms with Crippen LogP contribution in [-0.2, 0) is 17.0 Å². The van der Waals surface area contributed by atoms with Crippen LogP contribution in [0.5, 0.6) is 0 Å². The molecule has 1 aromatic carbocycles. The molecule has 3 fully saturated rings. The summed E-state index contributed by atoms with van der Waals surface area (Å²) in [5.74, 6) is 0.727. The number of pyridine rings is 1. The number of piperidine rings is 2. The second-order valence-electron chi connectivity index (χ2n) is 12.2. The van der Waals surface area contributed by atoms with E-state index in [2.05, 4.69) is 50.8 Å². The summed E-state index contributed by atoms with van der Waals surface area (Å²) in [4.78, 5) is 31.9. The number of alkyl halides is 1. The number of anilines is 3. The van der Waals surface area contributed by atoms with E-state index in [0.717, 1.165) is 18.8 Å². The Kier molecular flexibility index (Phi) is 7.01. The number of ether oxygens (including phenoxy) is 1. The first-order valence-electron chi connectivity index (χ1n) is 15.0. The Morgan fingerprint density at radius 2 is 1.74 bits per heavy atom. The van der Waals surface area contributed by atoms with Crippen LogP contribution in [0.4, 0.5) is 21.7 Å². The number of hydrogen-bond acceptors (Lipinski definition) is 8. The number of likely N-dealkylation sites (tertiary alicyclic amines) is 1. The molecule has 6 heterocycles. The molecule has 10 nitrogen and oxygen atoms in total. The highest BCUT2D eigenvalue weighted by molar-refractivity contribution is 5.77. The highest BCUT2D eigenvalue weighted by Gasteiger charge is 2.42. The van der Waals surface area contributed by atoms with E-state index in [1.807, 2.05) is 12.1 Å². The third kappa shape index (κ3) is 5.10. The maximum Gasteiger partial charge on any atom is 0.278 e. The minimum atomic E-state index is -1.64. The molecule has 0 unspecified atom stereocenters. The van der Waals surface area contributed by atoms with Crippen molar-refractivity contribution >= 4 is 28.4 Å². The molecule has 43 heavy (non-hydrogen) atoms. The van der Waals surface area contributed by atoms with Gasteiger partial charge in [-0.05, 0) is 87.6 Å². The molecule has 11 heteroatoms. The zero-order valence-electron chi connectivity index (χ0n) is 24.5. The summed E-state index contributed by atoms with van der Waals surface area (Å²) in [5.41, 5.74) is 1.30. The fourth-order valence-corrected chi connectivity index (χ4v) is 6.55. The molecule has 0 bridgehead atoms.